The fourth-order valence-corrected chi connectivity index (χ4v) is 3.37. The van der Waals surface area contributed by atoms with Crippen LogP contribution in [0.15, 0.2) is 48.5 Å². The second-order valence-electron chi connectivity index (χ2n) is 6.58. The van der Waals surface area contributed by atoms with Gasteiger partial charge in [0, 0.05) is 31.4 Å². The molecule has 0 fully saturated rings. The molecule has 3 rings (SSSR count). The number of carbonyl (C=O) groups is 1. The maximum Gasteiger partial charge on any atom is 0.319 e. The first-order valence-corrected chi connectivity index (χ1v) is 9.05. The molecule has 2 aromatic rings. The number of nitriles is 1. The molecule has 1 aliphatic rings. The number of urea groups is 1. The van der Waals surface area contributed by atoms with Crippen LogP contribution in [0.3, 0.4) is 0 Å². The normalized spacial score (nSPS) is 14.8. The standard InChI is InChI=1S/C21H24N4O/c1-2-20(25-12-11-17-5-3-4-6-18(17)15-25)14-23-21(26)24-19-9-7-16(13-22)8-10-19/h3-10,20H,2,11-12,14-15H2,1H3,(H2,23,24,26). The lowest BCUT2D eigenvalue weighted by atomic mass is 9.98. The van der Waals surface area contributed by atoms with E-state index < -0.39 is 0 Å². The van der Waals surface area contributed by atoms with Gasteiger partial charge in [-0.05, 0) is 48.2 Å². The number of nitrogens with zero attached hydrogens (tertiary/aromatic N) is 2. The van der Waals surface area contributed by atoms with E-state index in [1.54, 1.807) is 24.3 Å². The highest BCUT2D eigenvalue weighted by Crippen LogP contribution is 2.21. The van der Waals surface area contributed by atoms with Crippen LogP contribution in [0, 0.1) is 11.3 Å². The SMILES string of the molecule is CCC(CNC(=O)Nc1ccc(C#N)cc1)N1CCc2ccccc2C1. The van der Waals surface area contributed by atoms with E-state index in [4.69, 9.17) is 5.26 Å². The molecule has 1 aliphatic heterocycles. The number of rotatable bonds is 5. The Hall–Kier alpha value is -2.84. The van der Waals surface area contributed by atoms with Crippen molar-refractivity contribution in [3.63, 3.8) is 0 Å². The van der Waals surface area contributed by atoms with Gasteiger partial charge < -0.3 is 10.6 Å². The molecular formula is C21H24N4O. The van der Waals surface area contributed by atoms with Crippen LogP contribution in [0.4, 0.5) is 10.5 Å². The Balaban J connectivity index is 1.52. The number of hydrogen-bond donors (Lipinski definition) is 2. The van der Waals surface area contributed by atoms with Crippen LogP contribution in [0.2, 0.25) is 0 Å². The molecule has 2 aromatic carbocycles. The topological polar surface area (TPSA) is 68.2 Å². The van der Waals surface area contributed by atoms with E-state index in [1.165, 1.54) is 11.1 Å². The van der Waals surface area contributed by atoms with Crippen molar-refractivity contribution >= 4 is 11.7 Å². The molecular weight excluding hydrogens is 324 g/mol. The molecule has 0 aromatic heterocycles. The molecule has 26 heavy (non-hydrogen) atoms. The van der Waals surface area contributed by atoms with Gasteiger partial charge in [-0.1, -0.05) is 31.2 Å². The van der Waals surface area contributed by atoms with E-state index >= 15 is 0 Å². The minimum Gasteiger partial charge on any atom is -0.336 e. The third-order valence-electron chi connectivity index (χ3n) is 4.92. The summed E-state index contributed by atoms with van der Waals surface area (Å²) in [7, 11) is 0. The smallest absolute Gasteiger partial charge is 0.319 e. The third kappa shape index (κ3) is 4.41. The predicted molar refractivity (Wildman–Crippen MR) is 103 cm³/mol. The first kappa shape index (κ1) is 18.0. The van der Waals surface area contributed by atoms with Gasteiger partial charge in [0.1, 0.15) is 0 Å². The van der Waals surface area contributed by atoms with Crippen molar-refractivity contribution in [3.05, 3.63) is 65.2 Å². The molecule has 0 aliphatic carbocycles. The molecule has 1 heterocycles. The molecule has 5 heteroatoms. The van der Waals surface area contributed by atoms with E-state index in [1.807, 2.05) is 0 Å². The maximum atomic E-state index is 12.2. The lowest BCUT2D eigenvalue weighted by molar-refractivity contribution is 0.170. The fraction of sp³-hybridized carbons (Fsp3) is 0.333. The fourth-order valence-electron chi connectivity index (χ4n) is 3.37. The highest BCUT2D eigenvalue weighted by Gasteiger charge is 2.22. The summed E-state index contributed by atoms with van der Waals surface area (Å²) in [6.45, 7) is 4.73. The van der Waals surface area contributed by atoms with E-state index in [-0.39, 0.29) is 6.03 Å². The van der Waals surface area contributed by atoms with Crippen LogP contribution in [0.1, 0.15) is 30.0 Å². The van der Waals surface area contributed by atoms with Crippen molar-refractivity contribution < 1.29 is 4.79 Å². The number of hydrogen-bond acceptors (Lipinski definition) is 3. The summed E-state index contributed by atoms with van der Waals surface area (Å²) in [5.41, 5.74) is 4.08. The predicted octanol–water partition coefficient (Wildman–Crippen LogP) is 3.52. The highest BCUT2D eigenvalue weighted by molar-refractivity contribution is 5.89. The molecule has 0 bridgehead atoms. The monoisotopic (exact) mass is 348 g/mol. The average Bonchev–Trinajstić information content (AvgIpc) is 2.69. The Kier molecular flexibility index (Phi) is 5.88. The van der Waals surface area contributed by atoms with Gasteiger partial charge in [0.25, 0.3) is 0 Å². The van der Waals surface area contributed by atoms with Crippen molar-refractivity contribution in [2.24, 2.45) is 0 Å². The second kappa shape index (κ2) is 8.50. The van der Waals surface area contributed by atoms with Crippen molar-refractivity contribution in [1.82, 2.24) is 10.2 Å². The Morgan fingerprint density at radius 3 is 2.62 bits per heavy atom. The third-order valence-corrected chi connectivity index (χ3v) is 4.92. The quantitative estimate of drug-likeness (QED) is 0.869. The zero-order chi connectivity index (χ0) is 18.4. The van der Waals surface area contributed by atoms with Crippen LogP contribution >= 0.6 is 0 Å². The molecule has 1 unspecified atom stereocenters. The van der Waals surface area contributed by atoms with Crippen LogP contribution < -0.4 is 10.6 Å². The molecule has 0 radical (unpaired) electrons. The van der Waals surface area contributed by atoms with Crippen molar-refractivity contribution in [2.45, 2.75) is 32.4 Å². The largest absolute Gasteiger partial charge is 0.336 e. The van der Waals surface area contributed by atoms with E-state index in [9.17, 15) is 4.79 Å². The molecule has 0 saturated heterocycles. The molecule has 0 spiro atoms. The van der Waals surface area contributed by atoms with Gasteiger partial charge in [0.05, 0.1) is 11.6 Å². The molecule has 1 atom stereocenters. The number of amides is 2. The van der Waals surface area contributed by atoms with Gasteiger partial charge in [-0.3, -0.25) is 4.90 Å². The zero-order valence-corrected chi connectivity index (χ0v) is 15.0. The number of benzene rings is 2. The zero-order valence-electron chi connectivity index (χ0n) is 15.0. The lowest BCUT2D eigenvalue weighted by Crippen LogP contribution is -2.46. The second-order valence-corrected chi connectivity index (χ2v) is 6.58. The van der Waals surface area contributed by atoms with Gasteiger partial charge in [-0.2, -0.15) is 5.26 Å². The maximum absolute atomic E-state index is 12.2. The van der Waals surface area contributed by atoms with Crippen molar-refractivity contribution in [3.8, 4) is 6.07 Å². The molecule has 2 N–H and O–H groups in total. The average molecular weight is 348 g/mol. The van der Waals surface area contributed by atoms with Crippen LogP contribution in [0.5, 0.6) is 0 Å². The summed E-state index contributed by atoms with van der Waals surface area (Å²) in [4.78, 5) is 14.6. The van der Waals surface area contributed by atoms with E-state index in [0.29, 0.717) is 23.8 Å². The van der Waals surface area contributed by atoms with Crippen molar-refractivity contribution in [1.29, 1.82) is 5.26 Å². The van der Waals surface area contributed by atoms with Crippen molar-refractivity contribution in [2.75, 3.05) is 18.4 Å². The number of nitrogens with one attached hydrogen (secondary N) is 2. The molecule has 5 nitrogen and oxygen atoms in total. The van der Waals surface area contributed by atoms with E-state index in [2.05, 4.69) is 52.8 Å². The molecule has 2 amide bonds. The minimum atomic E-state index is -0.217. The summed E-state index contributed by atoms with van der Waals surface area (Å²) in [5, 5.41) is 14.6. The Morgan fingerprint density at radius 1 is 1.19 bits per heavy atom. The summed E-state index contributed by atoms with van der Waals surface area (Å²) >= 11 is 0. The number of fused-ring (bicyclic) bond motifs is 1. The molecule has 134 valence electrons. The van der Waals surface area contributed by atoms with Gasteiger partial charge in [-0.15, -0.1) is 0 Å². The van der Waals surface area contributed by atoms with Gasteiger partial charge in [0.2, 0.25) is 0 Å². The molecule has 0 saturated carbocycles. The Bertz CT molecular complexity index is 794. The lowest BCUT2D eigenvalue weighted by Gasteiger charge is -2.35. The first-order chi connectivity index (χ1) is 12.7. The van der Waals surface area contributed by atoms with Crippen LogP contribution in [-0.4, -0.2) is 30.1 Å². The van der Waals surface area contributed by atoms with E-state index in [0.717, 1.165) is 25.9 Å². The van der Waals surface area contributed by atoms with Gasteiger partial charge >= 0.3 is 6.03 Å². The highest BCUT2D eigenvalue weighted by atomic mass is 16.2. The van der Waals surface area contributed by atoms with Gasteiger partial charge in [0.15, 0.2) is 0 Å². The summed E-state index contributed by atoms with van der Waals surface area (Å²) < 4.78 is 0. The van der Waals surface area contributed by atoms with Crippen LogP contribution in [-0.2, 0) is 13.0 Å². The summed E-state index contributed by atoms with van der Waals surface area (Å²) in [6, 6.07) is 17.6. The summed E-state index contributed by atoms with van der Waals surface area (Å²) in [5.74, 6) is 0. The van der Waals surface area contributed by atoms with Crippen LogP contribution in [0.25, 0.3) is 0 Å². The summed E-state index contributed by atoms with van der Waals surface area (Å²) in [6.07, 6.45) is 2.05. The Labute approximate surface area is 154 Å². The number of carbonyl (C=O) groups excluding carboxylic acids is 1. The minimum absolute atomic E-state index is 0.217. The van der Waals surface area contributed by atoms with Gasteiger partial charge in [-0.25, -0.2) is 4.79 Å². The first-order valence-electron chi connectivity index (χ1n) is 9.05. The Morgan fingerprint density at radius 2 is 1.92 bits per heavy atom. The number of anilines is 1.